The zero-order valence-electron chi connectivity index (χ0n) is 13.3. The molecule has 1 heterocycles. The molecule has 2 aromatic carbocycles. The number of phenols is 1. The molecule has 4 nitrogen and oxygen atoms in total. The predicted octanol–water partition coefficient (Wildman–Crippen LogP) is 3.87. The number of hydrogen-bond donors (Lipinski definition) is 1. The van der Waals surface area contributed by atoms with Crippen molar-refractivity contribution in [1.29, 1.82) is 0 Å². The Morgan fingerprint density at radius 3 is 2.58 bits per heavy atom. The SMILES string of the molecule is O=C(c1cc(Cl)ccc1O)N1CCC(OCc2ccccc2)CC1. The van der Waals surface area contributed by atoms with Gasteiger partial charge in [-0.15, -0.1) is 0 Å². The third-order valence-corrected chi connectivity index (χ3v) is 4.48. The summed E-state index contributed by atoms with van der Waals surface area (Å²) >= 11 is 5.92. The summed E-state index contributed by atoms with van der Waals surface area (Å²) in [6.07, 6.45) is 1.74. The number of hydrogen-bond acceptors (Lipinski definition) is 3. The first-order chi connectivity index (χ1) is 11.6. The summed E-state index contributed by atoms with van der Waals surface area (Å²) in [5, 5.41) is 10.3. The number of amides is 1. The van der Waals surface area contributed by atoms with Gasteiger partial charge in [0.05, 0.1) is 18.3 Å². The number of piperidine rings is 1. The number of halogens is 1. The Morgan fingerprint density at radius 1 is 1.17 bits per heavy atom. The molecule has 0 spiro atoms. The molecule has 1 amide bonds. The highest BCUT2D eigenvalue weighted by Gasteiger charge is 2.25. The summed E-state index contributed by atoms with van der Waals surface area (Å²) in [5.41, 5.74) is 1.41. The van der Waals surface area contributed by atoms with E-state index in [0.717, 1.165) is 18.4 Å². The molecular weight excluding hydrogens is 326 g/mol. The lowest BCUT2D eigenvalue weighted by atomic mass is 10.1. The molecule has 3 rings (SSSR count). The molecule has 0 radical (unpaired) electrons. The molecule has 0 bridgehead atoms. The van der Waals surface area contributed by atoms with E-state index in [9.17, 15) is 9.90 Å². The lowest BCUT2D eigenvalue weighted by Crippen LogP contribution is -2.40. The van der Waals surface area contributed by atoms with E-state index in [0.29, 0.717) is 24.7 Å². The monoisotopic (exact) mass is 345 g/mol. The number of phenolic OH excluding ortho intramolecular Hbond substituents is 1. The van der Waals surface area contributed by atoms with E-state index in [2.05, 4.69) is 0 Å². The van der Waals surface area contributed by atoms with E-state index >= 15 is 0 Å². The molecule has 0 saturated carbocycles. The van der Waals surface area contributed by atoms with Crippen molar-refractivity contribution in [2.45, 2.75) is 25.6 Å². The Labute approximate surface area is 146 Å². The van der Waals surface area contributed by atoms with Gasteiger partial charge in [-0.05, 0) is 36.6 Å². The van der Waals surface area contributed by atoms with Gasteiger partial charge in [-0.3, -0.25) is 4.79 Å². The molecule has 1 saturated heterocycles. The van der Waals surface area contributed by atoms with Crippen LogP contribution in [0.1, 0.15) is 28.8 Å². The standard InChI is InChI=1S/C19H20ClNO3/c20-15-6-7-18(22)17(12-15)19(23)21-10-8-16(9-11-21)24-13-14-4-2-1-3-5-14/h1-7,12,16,22H,8-11,13H2. The maximum absolute atomic E-state index is 12.5. The summed E-state index contributed by atoms with van der Waals surface area (Å²) < 4.78 is 5.94. The van der Waals surface area contributed by atoms with Gasteiger partial charge >= 0.3 is 0 Å². The van der Waals surface area contributed by atoms with Crippen molar-refractivity contribution >= 4 is 17.5 Å². The lowest BCUT2D eigenvalue weighted by molar-refractivity contribution is -0.000428. The second-order valence-electron chi connectivity index (χ2n) is 5.95. The van der Waals surface area contributed by atoms with Gasteiger partial charge < -0.3 is 14.7 Å². The van der Waals surface area contributed by atoms with Crippen LogP contribution >= 0.6 is 11.6 Å². The second kappa shape index (κ2) is 7.69. The minimum atomic E-state index is -0.184. The highest BCUT2D eigenvalue weighted by atomic mass is 35.5. The van der Waals surface area contributed by atoms with Crippen molar-refractivity contribution in [2.75, 3.05) is 13.1 Å². The molecule has 5 heteroatoms. The molecule has 1 aliphatic heterocycles. The van der Waals surface area contributed by atoms with Gasteiger partial charge in [-0.25, -0.2) is 0 Å². The van der Waals surface area contributed by atoms with Crippen LogP contribution < -0.4 is 0 Å². The maximum Gasteiger partial charge on any atom is 0.257 e. The molecule has 0 unspecified atom stereocenters. The van der Waals surface area contributed by atoms with E-state index in [1.807, 2.05) is 30.3 Å². The first-order valence-corrected chi connectivity index (χ1v) is 8.44. The number of nitrogens with zero attached hydrogens (tertiary/aromatic N) is 1. The zero-order chi connectivity index (χ0) is 16.9. The highest BCUT2D eigenvalue weighted by Crippen LogP contribution is 2.25. The third-order valence-electron chi connectivity index (χ3n) is 4.25. The molecule has 126 valence electrons. The minimum absolute atomic E-state index is 0.0353. The fourth-order valence-electron chi connectivity index (χ4n) is 2.86. The summed E-state index contributed by atoms with van der Waals surface area (Å²) in [7, 11) is 0. The average molecular weight is 346 g/mol. The number of rotatable bonds is 4. The predicted molar refractivity (Wildman–Crippen MR) is 93.3 cm³/mol. The van der Waals surface area contributed by atoms with Crippen molar-refractivity contribution in [2.24, 2.45) is 0 Å². The molecule has 0 atom stereocenters. The van der Waals surface area contributed by atoms with Crippen LogP contribution in [0.25, 0.3) is 0 Å². The highest BCUT2D eigenvalue weighted by molar-refractivity contribution is 6.31. The number of benzene rings is 2. The van der Waals surface area contributed by atoms with Gasteiger partial charge in [0.25, 0.3) is 5.91 Å². The summed E-state index contributed by atoms with van der Waals surface area (Å²) in [6, 6.07) is 14.6. The smallest absolute Gasteiger partial charge is 0.257 e. The summed E-state index contributed by atoms with van der Waals surface area (Å²) in [5.74, 6) is -0.219. The fourth-order valence-corrected chi connectivity index (χ4v) is 3.04. The van der Waals surface area contributed by atoms with Gasteiger partial charge in [0.15, 0.2) is 0 Å². The van der Waals surface area contributed by atoms with Crippen LogP contribution in [-0.4, -0.2) is 35.1 Å². The second-order valence-corrected chi connectivity index (χ2v) is 6.39. The van der Waals surface area contributed by atoms with E-state index in [-0.39, 0.29) is 23.3 Å². The number of likely N-dealkylation sites (tertiary alicyclic amines) is 1. The molecule has 1 N–H and O–H groups in total. The Balaban J connectivity index is 1.53. The van der Waals surface area contributed by atoms with E-state index in [4.69, 9.17) is 16.3 Å². The first-order valence-electron chi connectivity index (χ1n) is 8.07. The summed E-state index contributed by atoms with van der Waals surface area (Å²) in [6.45, 7) is 1.82. The van der Waals surface area contributed by atoms with E-state index in [1.165, 1.54) is 12.1 Å². The van der Waals surface area contributed by atoms with E-state index in [1.54, 1.807) is 11.0 Å². The number of aromatic hydroxyl groups is 1. The third kappa shape index (κ3) is 4.08. The van der Waals surface area contributed by atoms with Crippen molar-refractivity contribution in [3.63, 3.8) is 0 Å². The molecule has 0 aliphatic carbocycles. The molecule has 24 heavy (non-hydrogen) atoms. The zero-order valence-corrected chi connectivity index (χ0v) is 14.1. The van der Waals surface area contributed by atoms with Gasteiger partial charge in [0.1, 0.15) is 5.75 Å². The Morgan fingerprint density at radius 2 is 1.88 bits per heavy atom. The largest absolute Gasteiger partial charge is 0.507 e. The Kier molecular flexibility index (Phi) is 5.38. The molecule has 1 aliphatic rings. The fraction of sp³-hybridized carbons (Fsp3) is 0.316. The lowest BCUT2D eigenvalue weighted by Gasteiger charge is -2.32. The number of ether oxygens (including phenoxy) is 1. The van der Waals surface area contributed by atoms with Crippen LogP contribution in [0, 0.1) is 0 Å². The van der Waals surface area contributed by atoms with Crippen molar-refractivity contribution < 1.29 is 14.6 Å². The van der Waals surface area contributed by atoms with Crippen LogP contribution in [0.15, 0.2) is 48.5 Å². The van der Waals surface area contributed by atoms with E-state index < -0.39 is 0 Å². The molecular formula is C19H20ClNO3. The van der Waals surface area contributed by atoms with Gasteiger partial charge in [-0.1, -0.05) is 41.9 Å². The van der Waals surface area contributed by atoms with Gasteiger partial charge in [0, 0.05) is 18.1 Å². The summed E-state index contributed by atoms with van der Waals surface area (Å²) in [4.78, 5) is 14.3. The Hall–Kier alpha value is -2.04. The Bertz CT molecular complexity index is 697. The van der Waals surface area contributed by atoms with Crippen LogP contribution in [0.2, 0.25) is 5.02 Å². The van der Waals surface area contributed by atoms with Crippen LogP contribution in [-0.2, 0) is 11.3 Å². The normalized spacial score (nSPS) is 15.5. The van der Waals surface area contributed by atoms with Crippen LogP contribution in [0.5, 0.6) is 5.75 Å². The molecule has 0 aromatic heterocycles. The number of carbonyl (C=O) groups is 1. The molecule has 2 aromatic rings. The van der Waals surface area contributed by atoms with Crippen LogP contribution in [0.3, 0.4) is 0 Å². The van der Waals surface area contributed by atoms with Crippen molar-refractivity contribution in [3.05, 3.63) is 64.7 Å². The van der Waals surface area contributed by atoms with Gasteiger partial charge in [0.2, 0.25) is 0 Å². The maximum atomic E-state index is 12.5. The topological polar surface area (TPSA) is 49.8 Å². The van der Waals surface area contributed by atoms with Crippen molar-refractivity contribution in [3.8, 4) is 5.75 Å². The average Bonchev–Trinajstić information content (AvgIpc) is 2.63. The quantitative estimate of drug-likeness (QED) is 0.915. The molecule has 1 fully saturated rings. The van der Waals surface area contributed by atoms with Gasteiger partial charge in [-0.2, -0.15) is 0 Å². The first kappa shape index (κ1) is 16.8. The van der Waals surface area contributed by atoms with Crippen LogP contribution in [0.4, 0.5) is 0 Å². The van der Waals surface area contributed by atoms with Crippen molar-refractivity contribution in [1.82, 2.24) is 4.90 Å². The minimum Gasteiger partial charge on any atom is -0.507 e. The number of carbonyl (C=O) groups excluding carboxylic acids is 1.